The van der Waals surface area contributed by atoms with Crippen molar-refractivity contribution in [1.82, 2.24) is 9.55 Å². The van der Waals surface area contributed by atoms with Gasteiger partial charge in [-0.25, -0.2) is 4.98 Å². The van der Waals surface area contributed by atoms with Crippen LogP contribution < -0.4 is 0 Å². The molecule has 2 heterocycles. The quantitative estimate of drug-likeness (QED) is 0.205. The standard InChI is InChI=1S/C43H28N2/c1-3-12-29(13-4-1)33-18-11-19-34(26-33)39-28-35(27-38(44-39)32-16-5-2-6-17-32)45-40-24-22-30-14-7-9-20-36(30)42(40)43-37-21-10-8-15-31(37)23-25-41(43)45/h1-28H. The summed E-state index contributed by atoms with van der Waals surface area (Å²) < 4.78 is 2.43. The molecule has 9 rings (SSSR count). The third-order valence-corrected chi connectivity index (χ3v) is 8.95. The molecule has 2 nitrogen and oxygen atoms in total. The van der Waals surface area contributed by atoms with Crippen molar-refractivity contribution in [2.45, 2.75) is 0 Å². The van der Waals surface area contributed by atoms with Gasteiger partial charge in [-0.2, -0.15) is 0 Å². The lowest BCUT2D eigenvalue weighted by Crippen LogP contribution is -1.98. The first-order valence-corrected chi connectivity index (χ1v) is 15.4. The first-order chi connectivity index (χ1) is 22.3. The summed E-state index contributed by atoms with van der Waals surface area (Å²) in [5, 5.41) is 7.59. The monoisotopic (exact) mass is 572 g/mol. The second-order valence-corrected chi connectivity index (χ2v) is 11.6. The van der Waals surface area contributed by atoms with E-state index in [9.17, 15) is 0 Å². The topological polar surface area (TPSA) is 17.8 Å². The van der Waals surface area contributed by atoms with E-state index in [1.54, 1.807) is 0 Å². The van der Waals surface area contributed by atoms with Crippen LogP contribution in [0.3, 0.4) is 0 Å². The van der Waals surface area contributed by atoms with E-state index in [1.807, 2.05) is 0 Å². The molecule has 0 bridgehead atoms. The molecule has 0 aliphatic carbocycles. The van der Waals surface area contributed by atoms with E-state index in [4.69, 9.17) is 4.98 Å². The number of nitrogens with zero attached hydrogens (tertiary/aromatic N) is 2. The minimum atomic E-state index is 0.945. The molecule has 0 aliphatic heterocycles. The molecular formula is C43H28N2. The van der Waals surface area contributed by atoms with Crippen LogP contribution in [0.15, 0.2) is 170 Å². The average molecular weight is 573 g/mol. The molecule has 0 atom stereocenters. The fourth-order valence-electron chi connectivity index (χ4n) is 6.86. The Hall–Kier alpha value is -5.99. The molecule has 2 aromatic heterocycles. The Morgan fingerprint density at radius 3 is 1.47 bits per heavy atom. The Morgan fingerprint density at radius 1 is 0.356 bits per heavy atom. The summed E-state index contributed by atoms with van der Waals surface area (Å²) in [4.78, 5) is 5.27. The molecule has 2 heteroatoms. The third-order valence-electron chi connectivity index (χ3n) is 8.95. The lowest BCUT2D eigenvalue weighted by molar-refractivity contribution is 1.16. The van der Waals surface area contributed by atoms with E-state index in [-0.39, 0.29) is 0 Å². The largest absolute Gasteiger partial charge is 0.309 e. The highest BCUT2D eigenvalue weighted by molar-refractivity contribution is 6.28. The van der Waals surface area contributed by atoms with Gasteiger partial charge >= 0.3 is 0 Å². The molecule has 7 aromatic carbocycles. The fraction of sp³-hybridized carbons (Fsp3) is 0. The maximum Gasteiger partial charge on any atom is 0.0730 e. The third kappa shape index (κ3) is 4.22. The number of rotatable bonds is 4. The first kappa shape index (κ1) is 25.5. The van der Waals surface area contributed by atoms with Crippen LogP contribution in [-0.2, 0) is 0 Å². The highest BCUT2D eigenvalue weighted by atomic mass is 15.0. The minimum Gasteiger partial charge on any atom is -0.309 e. The molecule has 45 heavy (non-hydrogen) atoms. The van der Waals surface area contributed by atoms with E-state index in [0.29, 0.717) is 0 Å². The van der Waals surface area contributed by atoms with Crippen LogP contribution in [0.4, 0.5) is 0 Å². The van der Waals surface area contributed by atoms with Crippen molar-refractivity contribution in [2.75, 3.05) is 0 Å². The van der Waals surface area contributed by atoms with Crippen molar-refractivity contribution in [3.8, 4) is 39.3 Å². The highest BCUT2D eigenvalue weighted by Gasteiger charge is 2.19. The number of fused-ring (bicyclic) bond motifs is 7. The van der Waals surface area contributed by atoms with Crippen molar-refractivity contribution in [1.29, 1.82) is 0 Å². The zero-order valence-electron chi connectivity index (χ0n) is 24.6. The summed E-state index contributed by atoms with van der Waals surface area (Å²) in [6.45, 7) is 0. The fourth-order valence-corrected chi connectivity index (χ4v) is 6.86. The molecule has 210 valence electrons. The first-order valence-electron chi connectivity index (χ1n) is 15.4. The maximum atomic E-state index is 5.27. The van der Waals surface area contributed by atoms with Crippen molar-refractivity contribution < 1.29 is 0 Å². The number of benzene rings is 7. The SMILES string of the molecule is c1ccc(-c2cccc(-c3cc(-n4c5ccc6ccccc6c5c5c6ccccc6ccc54)cc(-c4ccccc4)n3)c2)cc1. The van der Waals surface area contributed by atoms with Crippen LogP contribution in [0, 0.1) is 0 Å². The van der Waals surface area contributed by atoms with Gasteiger partial charge in [-0.1, -0.05) is 140 Å². The van der Waals surface area contributed by atoms with Gasteiger partial charge in [-0.3, -0.25) is 0 Å². The van der Waals surface area contributed by atoms with E-state index >= 15 is 0 Å². The molecule has 9 aromatic rings. The second-order valence-electron chi connectivity index (χ2n) is 11.6. The molecule has 0 N–H and O–H groups in total. The van der Waals surface area contributed by atoms with E-state index < -0.39 is 0 Å². The molecule has 0 amide bonds. The van der Waals surface area contributed by atoms with Crippen molar-refractivity contribution in [3.05, 3.63) is 170 Å². The summed E-state index contributed by atoms with van der Waals surface area (Å²) in [6.07, 6.45) is 0. The minimum absolute atomic E-state index is 0.945. The Balaban J connectivity index is 1.37. The summed E-state index contributed by atoms with van der Waals surface area (Å²) in [6, 6.07) is 60.8. The molecule has 0 aliphatic rings. The van der Waals surface area contributed by atoms with Gasteiger partial charge in [0.2, 0.25) is 0 Å². The van der Waals surface area contributed by atoms with Crippen molar-refractivity contribution in [3.63, 3.8) is 0 Å². The maximum absolute atomic E-state index is 5.27. The highest BCUT2D eigenvalue weighted by Crippen LogP contribution is 2.41. The number of pyridine rings is 1. The van der Waals surface area contributed by atoms with Gasteiger partial charge in [-0.15, -0.1) is 0 Å². The van der Waals surface area contributed by atoms with Crippen molar-refractivity contribution >= 4 is 43.4 Å². The van der Waals surface area contributed by atoms with Gasteiger partial charge in [-0.05, 0) is 63.0 Å². The predicted molar refractivity (Wildman–Crippen MR) is 190 cm³/mol. The second kappa shape index (κ2) is 10.3. The van der Waals surface area contributed by atoms with Crippen LogP contribution in [0.25, 0.3) is 82.7 Å². The van der Waals surface area contributed by atoms with E-state index in [1.165, 1.54) is 54.5 Å². The van der Waals surface area contributed by atoms with Crippen LogP contribution in [0.5, 0.6) is 0 Å². The molecule has 0 fully saturated rings. The van der Waals surface area contributed by atoms with Gasteiger partial charge in [0.1, 0.15) is 0 Å². The molecule has 0 saturated heterocycles. The van der Waals surface area contributed by atoms with Crippen molar-refractivity contribution in [2.24, 2.45) is 0 Å². The molecule has 0 saturated carbocycles. The zero-order chi connectivity index (χ0) is 29.7. The lowest BCUT2D eigenvalue weighted by Gasteiger charge is -2.14. The zero-order valence-corrected chi connectivity index (χ0v) is 24.6. The average Bonchev–Trinajstić information content (AvgIpc) is 3.48. The lowest BCUT2D eigenvalue weighted by atomic mass is 10.00. The van der Waals surface area contributed by atoms with Gasteiger partial charge in [0.15, 0.2) is 0 Å². The van der Waals surface area contributed by atoms with Crippen LogP contribution in [0.2, 0.25) is 0 Å². The Bertz CT molecular complexity index is 2430. The number of aromatic nitrogens is 2. The van der Waals surface area contributed by atoms with Gasteiger partial charge in [0.25, 0.3) is 0 Å². The number of hydrogen-bond acceptors (Lipinski definition) is 1. The normalized spacial score (nSPS) is 11.6. The van der Waals surface area contributed by atoms with Crippen LogP contribution in [0.1, 0.15) is 0 Å². The van der Waals surface area contributed by atoms with E-state index in [0.717, 1.165) is 28.2 Å². The smallest absolute Gasteiger partial charge is 0.0730 e. The summed E-state index contributed by atoms with van der Waals surface area (Å²) in [5.74, 6) is 0. The molecule has 0 unspecified atom stereocenters. The molecular weight excluding hydrogens is 544 g/mol. The van der Waals surface area contributed by atoms with Gasteiger partial charge in [0, 0.05) is 21.9 Å². The summed E-state index contributed by atoms with van der Waals surface area (Å²) in [7, 11) is 0. The van der Waals surface area contributed by atoms with Crippen LogP contribution in [-0.4, -0.2) is 9.55 Å². The van der Waals surface area contributed by atoms with E-state index in [2.05, 4.69) is 174 Å². The van der Waals surface area contributed by atoms with Gasteiger partial charge in [0.05, 0.1) is 28.1 Å². The van der Waals surface area contributed by atoms with Crippen LogP contribution >= 0.6 is 0 Å². The Morgan fingerprint density at radius 2 is 0.844 bits per heavy atom. The predicted octanol–water partition coefficient (Wildman–Crippen LogP) is 11.5. The molecule has 0 spiro atoms. The van der Waals surface area contributed by atoms with Gasteiger partial charge < -0.3 is 4.57 Å². The number of hydrogen-bond donors (Lipinski definition) is 0. The Labute approximate surface area is 261 Å². The summed E-state index contributed by atoms with van der Waals surface area (Å²) >= 11 is 0. The molecule has 0 radical (unpaired) electrons. The summed E-state index contributed by atoms with van der Waals surface area (Å²) in [5.41, 5.74) is 9.92. The Kier molecular flexibility index (Phi) is 5.85.